The first kappa shape index (κ1) is 15.0. The van der Waals surface area contributed by atoms with Crippen LogP contribution in [0.25, 0.3) is 0 Å². The first-order valence-corrected chi connectivity index (χ1v) is 6.56. The molecular weight excluding hydrogens is 230 g/mol. The van der Waals surface area contributed by atoms with Gasteiger partial charge in [-0.1, -0.05) is 13.8 Å². The summed E-state index contributed by atoms with van der Waals surface area (Å²) in [5, 5.41) is 6.11. The van der Waals surface area contributed by atoms with Crippen LogP contribution in [0.3, 0.4) is 0 Å². The predicted octanol–water partition coefficient (Wildman–Crippen LogP) is 0.359. The van der Waals surface area contributed by atoms with Gasteiger partial charge in [0.1, 0.15) is 0 Å². The van der Waals surface area contributed by atoms with E-state index in [9.17, 15) is 9.59 Å². The molecule has 0 aromatic rings. The van der Waals surface area contributed by atoms with Gasteiger partial charge >= 0.3 is 0 Å². The summed E-state index contributed by atoms with van der Waals surface area (Å²) in [6.45, 7) is 5.50. The second kappa shape index (κ2) is 6.18. The molecule has 1 saturated heterocycles. The molecule has 18 heavy (non-hydrogen) atoms. The highest BCUT2D eigenvalue weighted by Crippen LogP contribution is 2.29. The van der Waals surface area contributed by atoms with Gasteiger partial charge in [-0.15, -0.1) is 0 Å². The van der Waals surface area contributed by atoms with Crippen molar-refractivity contribution in [1.82, 2.24) is 15.5 Å². The monoisotopic (exact) mass is 255 g/mol. The molecule has 5 nitrogen and oxygen atoms in total. The SMILES string of the molecule is CN(C)C(=O)CCNC(=O)C1NCCCC1(C)C. The lowest BCUT2D eigenvalue weighted by atomic mass is 9.77. The van der Waals surface area contributed by atoms with Crippen molar-refractivity contribution >= 4 is 11.8 Å². The maximum Gasteiger partial charge on any atom is 0.237 e. The van der Waals surface area contributed by atoms with E-state index in [4.69, 9.17) is 0 Å². The summed E-state index contributed by atoms with van der Waals surface area (Å²) in [5.41, 5.74) is -0.0200. The van der Waals surface area contributed by atoms with Crippen molar-refractivity contribution in [1.29, 1.82) is 0 Å². The third kappa shape index (κ3) is 3.98. The number of carbonyl (C=O) groups is 2. The largest absolute Gasteiger partial charge is 0.354 e. The Hall–Kier alpha value is -1.10. The van der Waals surface area contributed by atoms with Gasteiger partial charge in [0.25, 0.3) is 0 Å². The first-order chi connectivity index (χ1) is 8.34. The van der Waals surface area contributed by atoms with Crippen molar-refractivity contribution in [2.24, 2.45) is 5.41 Å². The quantitative estimate of drug-likeness (QED) is 0.762. The molecule has 0 bridgehead atoms. The number of hydrogen-bond donors (Lipinski definition) is 2. The Morgan fingerprint density at radius 1 is 1.39 bits per heavy atom. The van der Waals surface area contributed by atoms with Gasteiger partial charge in [-0.25, -0.2) is 0 Å². The molecule has 1 atom stereocenters. The zero-order valence-corrected chi connectivity index (χ0v) is 11.9. The number of nitrogens with zero attached hydrogens (tertiary/aromatic N) is 1. The van der Waals surface area contributed by atoms with Crippen LogP contribution >= 0.6 is 0 Å². The summed E-state index contributed by atoms with van der Waals surface area (Å²) in [5.74, 6) is 0.0393. The fraction of sp³-hybridized carbons (Fsp3) is 0.846. The molecule has 2 amide bonds. The van der Waals surface area contributed by atoms with Crippen LogP contribution in [0.1, 0.15) is 33.1 Å². The number of nitrogens with one attached hydrogen (secondary N) is 2. The molecule has 0 aromatic carbocycles. The van der Waals surface area contributed by atoms with Gasteiger partial charge in [0.05, 0.1) is 6.04 Å². The number of hydrogen-bond acceptors (Lipinski definition) is 3. The Kier molecular flexibility index (Phi) is 5.14. The predicted molar refractivity (Wildman–Crippen MR) is 71.1 cm³/mol. The Labute approximate surface area is 109 Å². The highest BCUT2D eigenvalue weighted by Gasteiger charge is 2.36. The lowest BCUT2D eigenvalue weighted by Crippen LogP contribution is -2.55. The molecule has 1 unspecified atom stereocenters. The summed E-state index contributed by atoms with van der Waals surface area (Å²) in [4.78, 5) is 25.0. The van der Waals surface area contributed by atoms with E-state index in [1.165, 1.54) is 4.90 Å². The first-order valence-electron chi connectivity index (χ1n) is 6.56. The zero-order chi connectivity index (χ0) is 13.8. The molecule has 1 rings (SSSR count). The smallest absolute Gasteiger partial charge is 0.237 e. The summed E-state index contributed by atoms with van der Waals surface area (Å²) in [7, 11) is 3.44. The molecule has 0 aliphatic carbocycles. The van der Waals surface area contributed by atoms with Crippen LogP contribution in [0.5, 0.6) is 0 Å². The third-order valence-electron chi connectivity index (χ3n) is 3.53. The minimum absolute atomic E-state index is 0.00579. The van der Waals surface area contributed by atoms with Crippen LogP contribution in [0, 0.1) is 5.41 Å². The number of carbonyl (C=O) groups excluding carboxylic acids is 2. The fourth-order valence-electron chi connectivity index (χ4n) is 2.28. The van der Waals surface area contributed by atoms with Gasteiger partial charge < -0.3 is 15.5 Å². The van der Waals surface area contributed by atoms with Gasteiger partial charge in [0.2, 0.25) is 11.8 Å². The van der Waals surface area contributed by atoms with Gasteiger partial charge in [-0.2, -0.15) is 0 Å². The minimum Gasteiger partial charge on any atom is -0.354 e. The summed E-state index contributed by atoms with van der Waals surface area (Å²) < 4.78 is 0. The molecule has 0 spiro atoms. The highest BCUT2D eigenvalue weighted by molar-refractivity contribution is 5.83. The van der Waals surface area contributed by atoms with Crippen molar-refractivity contribution in [3.63, 3.8) is 0 Å². The van der Waals surface area contributed by atoms with Gasteiger partial charge in [0.15, 0.2) is 0 Å². The van der Waals surface area contributed by atoms with E-state index in [2.05, 4.69) is 24.5 Å². The van der Waals surface area contributed by atoms with Gasteiger partial charge in [0, 0.05) is 27.1 Å². The van der Waals surface area contributed by atoms with E-state index in [1.807, 2.05) is 0 Å². The molecule has 1 aliphatic heterocycles. The van der Waals surface area contributed by atoms with Crippen LogP contribution < -0.4 is 10.6 Å². The van der Waals surface area contributed by atoms with Crippen molar-refractivity contribution in [2.75, 3.05) is 27.2 Å². The number of piperidine rings is 1. The van der Waals surface area contributed by atoms with Crippen LogP contribution in [0.2, 0.25) is 0 Å². The van der Waals surface area contributed by atoms with E-state index >= 15 is 0 Å². The lowest BCUT2D eigenvalue weighted by molar-refractivity contribution is -0.129. The van der Waals surface area contributed by atoms with Crippen LogP contribution in [-0.2, 0) is 9.59 Å². The maximum atomic E-state index is 12.1. The van der Waals surface area contributed by atoms with Crippen molar-refractivity contribution in [3.8, 4) is 0 Å². The van der Waals surface area contributed by atoms with Crippen molar-refractivity contribution in [2.45, 2.75) is 39.2 Å². The van der Waals surface area contributed by atoms with Crippen LogP contribution in [-0.4, -0.2) is 49.9 Å². The fourth-order valence-corrected chi connectivity index (χ4v) is 2.28. The molecule has 0 saturated carbocycles. The third-order valence-corrected chi connectivity index (χ3v) is 3.53. The summed E-state index contributed by atoms with van der Waals surface area (Å²) >= 11 is 0. The molecule has 5 heteroatoms. The number of rotatable bonds is 4. The molecule has 0 aromatic heterocycles. The Morgan fingerprint density at radius 3 is 2.61 bits per heavy atom. The Balaban J connectivity index is 2.38. The Bertz CT molecular complexity index is 313. The molecule has 104 valence electrons. The standard InChI is InChI=1S/C13H25N3O2/c1-13(2)7-5-8-14-11(13)12(18)15-9-6-10(17)16(3)4/h11,14H,5-9H2,1-4H3,(H,15,18). The average molecular weight is 255 g/mol. The molecule has 1 heterocycles. The van der Waals surface area contributed by atoms with Crippen molar-refractivity contribution < 1.29 is 9.59 Å². The van der Waals surface area contributed by atoms with E-state index < -0.39 is 0 Å². The molecule has 1 fully saturated rings. The maximum absolute atomic E-state index is 12.1. The number of amides is 2. The lowest BCUT2D eigenvalue weighted by Gasteiger charge is -2.38. The molecule has 0 radical (unpaired) electrons. The van der Waals surface area contributed by atoms with E-state index in [0.29, 0.717) is 13.0 Å². The van der Waals surface area contributed by atoms with Crippen LogP contribution in [0.4, 0.5) is 0 Å². The zero-order valence-electron chi connectivity index (χ0n) is 11.9. The second-order valence-electron chi connectivity index (χ2n) is 5.81. The average Bonchev–Trinajstić information content (AvgIpc) is 2.27. The summed E-state index contributed by atoms with van der Waals surface area (Å²) in [6.07, 6.45) is 2.51. The Morgan fingerprint density at radius 2 is 2.06 bits per heavy atom. The second-order valence-corrected chi connectivity index (χ2v) is 5.81. The molecular formula is C13H25N3O2. The topological polar surface area (TPSA) is 61.4 Å². The molecule has 1 aliphatic rings. The van der Waals surface area contributed by atoms with Crippen molar-refractivity contribution in [3.05, 3.63) is 0 Å². The molecule has 2 N–H and O–H groups in total. The van der Waals surface area contributed by atoms with Crippen LogP contribution in [0.15, 0.2) is 0 Å². The minimum atomic E-state index is -0.152. The van der Waals surface area contributed by atoms with E-state index in [0.717, 1.165) is 19.4 Å². The van der Waals surface area contributed by atoms with Gasteiger partial charge in [-0.05, 0) is 24.8 Å². The normalized spacial score (nSPS) is 22.3. The van der Waals surface area contributed by atoms with E-state index in [-0.39, 0.29) is 23.3 Å². The van der Waals surface area contributed by atoms with Gasteiger partial charge in [-0.3, -0.25) is 9.59 Å². The highest BCUT2D eigenvalue weighted by atomic mass is 16.2. The summed E-state index contributed by atoms with van der Waals surface area (Å²) in [6, 6.07) is -0.152. The van der Waals surface area contributed by atoms with E-state index in [1.54, 1.807) is 14.1 Å².